The first-order valence-corrected chi connectivity index (χ1v) is 5.82. The molecule has 0 amide bonds. The zero-order valence-electron chi connectivity index (χ0n) is 10.2. The van der Waals surface area contributed by atoms with Gasteiger partial charge in [-0.3, -0.25) is 4.98 Å². The van der Waals surface area contributed by atoms with Crippen molar-refractivity contribution < 1.29 is 9.13 Å². The zero-order chi connectivity index (χ0) is 13.0. The van der Waals surface area contributed by atoms with E-state index in [1.165, 1.54) is 6.07 Å². The van der Waals surface area contributed by atoms with Crippen LogP contribution in [-0.2, 0) is 6.54 Å². The van der Waals surface area contributed by atoms with E-state index in [4.69, 9.17) is 10.5 Å². The molecule has 0 saturated heterocycles. The number of benzene rings is 1. The normalized spacial score (nSPS) is 10.4. The van der Waals surface area contributed by atoms with E-state index in [2.05, 4.69) is 4.98 Å². The highest BCUT2D eigenvalue weighted by Crippen LogP contribution is 2.27. The van der Waals surface area contributed by atoms with Crippen LogP contribution >= 0.6 is 0 Å². The van der Waals surface area contributed by atoms with Crippen LogP contribution in [-0.4, -0.2) is 11.6 Å². The SMILES string of the molecule is CCOc1ccc(-c2ccncc2CN)cc1F. The number of rotatable bonds is 4. The number of aromatic nitrogens is 1. The van der Waals surface area contributed by atoms with E-state index in [9.17, 15) is 4.39 Å². The Morgan fingerprint density at radius 2 is 2.17 bits per heavy atom. The van der Waals surface area contributed by atoms with Gasteiger partial charge in [0.15, 0.2) is 11.6 Å². The molecule has 0 fully saturated rings. The number of hydrogen-bond donors (Lipinski definition) is 1. The minimum absolute atomic E-state index is 0.268. The molecule has 0 saturated carbocycles. The fourth-order valence-electron chi connectivity index (χ4n) is 1.81. The van der Waals surface area contributed by atoms with Crippen LogP contribution in [0.1, 0.15) is 12.5 Å². The topological polar surface area (TPSA) is 48.1 Å². The van der Waals surface area contributed by atoms with Gasteiger partial charge in [-0.2, -0.15) is 0 Å². The minimum atomic E-state index is -0.367. The molecule has 0 atom stereocenters. The Kier molecular flexibility index (Phi) is 3.89. The number of halogens is 1. The molecule has 4 heteroatoms. The van der Waals surface area contributed by atoms with Crippen LogP contribution in [0.2, 0.25) is 0 Å². The van der Waals surface area contributed by atoms with Crippen LogP contribution in [0, 0.1) is 5.82 Å². The first kappa shape index (κ1) is 12.5. The molecule has 2 rings (SSSR count). The minimum Gasteiger partial charge on any atom is -0.491 e. The van der Waals surface area contributed by atoms with Gasteiger partial charge in [-0.15, -0.1) is 0 Å². The van der Waals surface area contributed by atoms with Gasteiger partial charge in [-0.05, 0) is 41.8 Å². The summed E-state index contributed by atoms with van der Waals surface area (Å²) in [4.78, 5) is 4.01. The fourth-order valence-corrected chi connectivity index (χ4v) is 1.81. The Morgan fingerprint density at radius 1 is 1.33 bits per heavy atom. The van der Waals surface area contributed by atoms with E-state index < -0.39 is 0 Å². The van der Waals surface area contributed by atoms with E-state index in [1.807, 2.05) is 19.1 Å². The third-order valence-electron chi connectivity index (χ3n) is 2.67. The van der Waals surface area contributed by atoms with Gasteiger partial charge in [0.25, 0.3) is 0 Å². The third kappa shape index (κ3) is 2.49. The van der Waals surface area contributed by atoms with Crippen LogP contribution in [0.4, 0.5) is 4.39 Å². The summed E-state index contributed by atoms with van der Waals surface area (Å²) >= 11 is 0. The number of pyridine rings is 1. The van der Waals surface area contributed by atoms with Gasteiger partial charge in [-0.1, -0.05) is 6.07 Å². The van der Waals surface area contributed by atoms with Crippen LogP contribution < -0.4 is 10.5 Å². The summed E-state index contributed by atoms with van der Waals surface area (Å²) in [5.41, 5.74) is 8.21. The molecule has 0 aliphatic rings. The summed E-state index contributed by atoms with van der Waals surface area (Å²) < 4.78 is 19.0. The van der Waals surface area contributed by atoms with Gasteiger partial charge >= 0.3 is 0 Å². The highest BCUT2D eigenvalue weighted by Gasteiger charge is 2.08. The molecule has 2 aromatic rings. The van der Waals surface area contributed by atoms with E-state index in [0.717, 1.165) is 16.7 Å². The largest absolute Gasteiger partial charge is 0.491 e. The van der Waals surface area contributed by atoms with Crippen molar-refractivity contribution in [2.75, 3.05) is 6.61 Å². The number of ether oxygens (including phenoxy) is 1. The first-order chi connectivity index (χ1) is 8.76. The average Bonchev–Trinajstić information content (AvgIpc) is 2.41. The Morgan fingerprint density at radius 3 is 2.83 bits per heavy atom. The maximum atomic E-state index is 13.8. The quantitative estimate of drug-likeness (QED) is 0.902. The molecular formula is C14H15FN2O. The lowest BCUT2D eigenvalue weighted by molar-refractivity contribution is 0.321. The second-order valence-electron chi connectivity index (χ2n) is 3.82. The summed E-state index contributed by atoms with van der Waals surface area (Å²) in [6.07, 6.45) is 3.37. The molecule has 0 bridgehead atoms. The van der Waals surface area contributed by atoms with Crippen molar-refractivity contribution >= 4 is 0 Å². The van der Waals surface area contributed by atoms with Crippen LogP contribution in [0.25, 0.3) is 11.1 Å². The van der Waals surface area contributed by atoms with E-state index in [1.54, 1.807) is 18.5 Å². The van der Waals surface area contributed by atoms with Gasteiger partial charge in [-0.25, -0.2) is 4.39 Å². The molecule has 0 radical (unpaired) electrons. The number of nitrogens with zero attached hydrogens (tertiary/aromatic N) is 1. The van der Waals surface area contributed by atoms with Crippen molar-refractivity contribution in [3.8, 4) is 16.9 Å². The molecule has 94 valence electrons. The summed E-state index contributed by atoms with van der Waals surface area (Å²) in [5.74, 6) is -0.0984. The summed E-state index contributed by atoms with van der Waals surface area (Å²) in [5, 5.41) is 0. The number of nitrogens with two attached hydrogens (primary N) is 1. The second-order valence-corrected chi connectivity index (χ2v) is 3.82. The third-order valence-corrected chi connectivity index (χ3v) is 2.67. The van der Waals surface area contributed by atoms with Gasteiger partial charge in [0.2, 0.25) is 0 Å². The molecule has 18 heavy (non-hydrogen) atoms. The maximum absolute atomic E-state index is 13.8. The van der Waals surface area contributed by atoms with Gasteiger partial charge in [0.1, 0.15) is 0 Å². The van der Waals surface area contributed by atoms with E-state index in [0.29, 0.717) is 13.2 Å². The molecule has 1 aromatic heterocycles. The highest BCUT2D eigenvalue weighted by molar-refractivity contribution is 5.67. The standard InChI is InChI=1S/C14H15FN2O/c1-2-18-14-4-3-10(7-13(14)15)12-5-6-17-9-11(12)8-16/h3-7,9H,2,8,16H2,1H3. The van der Waals surface area contributed by atoms with Gasteiger partial charge < -0.3 is 10.5 Å². The molecule has 3 nitrogen and oxygen atoms in total. The Labute approximate surface area is 105 Å². The van der Waals surface area contributed by atoms with Crippen LogP contribution in [0.3, 0.4) is 0 Å². The molecule has 0 aliphatic heterocycles. The van der Waals surface area contributed by atoms with Crippen molar-refractivity contribution in [2.45, 2.75) is 13.5 Å². The van der Waals surface area contributed by atoms with Crippen molar-refractivity contribution in [3.63, 3.8) is 0 Å². The molecule has 1 heterocycles. The molecule has 0 unspecified atom stereocenters. The molecule has 0 spiro atoms. The smallest absolute Gasteiger partial charge is 0.165 e. The van der Waals surface area contributed by atoms with Crippen molar-refractivity contribution in [2.24, 2.45) is 5.73 Å². The van der Waals surface area contributed by atoms with E-state index in [-0.39, 0.29) is 11.6 Å². The summed E-state index contributed by atoms with van der Waals surface area (Å²) in [6, 6.07) is 6.74. The summed E-state index contributed by atoms with van der Waals surface area (Å²) in [7, 11) is 0. The molecular weight excluding hydrogens is 231 g/mol. The Hall–Kier alpha value is -1.94. The monoisotopic (exact) mass is 246 g/mol. The van der Waals surface area contributed by atoms with Gasteiger partial charge in [0, 0.05) is 18.9 Å². The summed E-state index contributed by atoms with van der Waals surface area (Å²) in [6.45, 7) is 2.64. The second kappa shape index (κ2) is 5.60. The van der Waals surface area contributed by atoms with Crippen molar-refractivity contribution in [1.29, 1.82) is 0 Å². The Bertz CT molecular complexity index is 543. The van der Waals surface area contributed by atoms with Gasteiger partial charge in [0.05, 0.1) is 6.61 Å². The predicted octanol–water partition coefficient (Wildman–Crippen LogP) is 2.75. The first-order valence-electron chi connectivity index (χ1n) is 5.82. The highest BCUT2D eigenvalue weighted by atomic mass is 19.1. The molecule has 2 N–H and O–H groups in total. The van der Waals surface area contributed by atoms with Crippen molar-refractivity contribution in [3.05, 3.63) is 48.0 Å². The Balaban J connectivity index is 2.42. The van der Waals surface area contributed by atoms with Crippen molar-refractivity contribution in [1.82, 2.24) is 4.98 Å². The zero-order valence-corrected chi connectivity index (χ0v) is 10.2. The van der Waals surface area contributed by atoms with Crippen LogP contribution in [0.15, 0.2) is 36.7 Å². The lowest BCUT2D eigenvalue weighted by Crippen LogP contribution is -2.00. The number of hydrogen-bond acceptors (Lipinski definition) is 3. The average molecular weight is 246 g/mol. The van der Waals surface area contributed by atoms with E-state index >= 15 is 0 Å². The van der Waals surface area contributed by atoms with Crippen LogP contribution in [0.5, 0.6) is 5.75 Å². The predicted molar refractivity (Wildman–Crippen MR) is 68.7 cm³/mol. The fraction of sp³-hybridized carbons (Fsp3) is 0.214. The molecule has 0 aliphatic carbocycles. The molecule has 1 aromatic carbocycles. The lowest BCUT2D eigenvalue weighted by Gasteiger charge is -2.09. The lowest BCUT2D eigenvalue weighted by atomic mass is 10.0. The maximum Gasteiger partial charge on any atom is 0.165 e.